The van der Waals surface area contributed by atoms with Crippen molar-refractivity contribution in [2.45, 2.75) is 6.61 Å². The first-order chi connectivity index (χ1) is 11.5. The average Bonchev–Trinajstić information content (AvgIpc) is 3.23. The minimum atomic E-state index is -0.880. The quantitative estimate of drug-likeness (QED) is 0.391. The maximum absolute atomic E-state index is 11.7. The minimum absolute atomic E-state index is 0.0642. The monoisotopic (exact) mass is 349 g/mol. The number of hydrogen-bond acceptors (Lipinski definition) is 8. The predicted molar refractivity (Wildman–Crippen MR) is 79.2 cm³/mol. The first-order valence-corrected chi connectivity index (χ1v) is 6.90. The molecule has 9 nitrogen and oxygen atoms in total. The summed E-state index contributed by atoms with van der Waals surface area (Å²) in [6.07, 6.45) is 0. The average molecular weight is 350 g/mol. The van der Waals surface area contributed by atoms with Gasteiger partial charge in [0, 0.05) is 10.6 Å². The Bertz CT molecular complexity index is 886. The summed E-state index contributed by atoms with van der Waals surface area (Å²) >= 11 is 5.79. The molecule has 0 unspecified atom stereocenters. The zero-order chi connectivity index (χ0) is 17.1. The number of halogens is 1. The van der Waals surface area contributed by atoms with Crippen LogP contribution in [0, 0.1) is 10.1 Å². The van der Waals surface area contributed by atoms with Gasteiger partial charge in [-0.15, -0.1) is 10.2 Å². The Morgan fingerprint density at radius 1 is 1.17 bits per heavy atom. The summed E-state index contributed by atoms with van der Waals surface area (Å²) in [5.41, 5.74) is 0.658. The van der Waals surface area contributed by atoms with Gasteiger partial charge in [0.2, 0.25) is 11.7 Å². The smallest absolute Gasteiger partial charge is 0.433 e. The summed E-state index contributed by atoms with van der Waals surface area (Å²) in [6.45, 7) is -0.298. The molecule has 0 fully saturated rings. The number of aromatic nitrogens is 2. The molecule has 3 rings (SSSR count). The van der Waals surface area contributed by atoms with Crippen LogP contribution >= 0.6 is 11.6 Å². The van der Waals surface area contributed by atoms with E-state index >= 15 is 0 Å². The Kier molecular flexibility index (Phi) is 4.25. The molecule has 0 amide bonds. The van der Waals surface area contributed by atoms with Crippen LogP contribution in [0.1, 0.15) is 16.4 Å². The molecule has 2 heterocycles. The maximum atomic E-state index is 11.7. The van der Waals surface area contributed by atoms with Crippen LogP contribution in [-0.4, -0.2) is 21.1 Å². The molecule has 0 atom stereocenters. The van der Waals surface area contributed by atoms with E-state index in [2.05, 4.69) is 10.2 Å². The standard InChI is InChI=1S/C14H8ClN3O6/c15-9-3-1-8(2-4-9)13-17-16-11(24-13)7-22-14(19)10-5-6-12(23-10)18(20)21/h1-6H,7H2. The third-order valence-electron chi connectivity index (χ3n) is 2.86. The Morgan fingerprint density at radius 3 is 2.58 bits per heavy atom. The topological polar surface area (TPSA) is 122 Å². The van der Waals surface area contributed by atoms with E-state index in [9.17, 15) is 14.9 Å². The molecule has 0 bridgehead atoms. The molecular weight excluding hydrogens is 342 g/mol. The lowest BCUT2D eigenvalue weighted by Gasteiger charge is -1.98. The number of nitro groups is 1. The molecule has 0 N–H and O–H groups in total. The van der Waals surface area contributed by atoms with Gasteiger partial charge in [-0.25, -0.2) is 4.79 Å². The number of benzene rings is 1. The lowest BCUT2D eigenvalue weighted by atomic mass is 10.2. The third-order valence-corrected chi connectivity index (χ3v) is 3.11. The fourth-order valence-electron chi connectivity index (χ4n) is 1.75. The van der Waals surface area contributed by atoms with Gasteiger partial charge in [-0.1, -0.05) is 11.6 Å². The van der Waals surface area contributed by atoms with Crippen LogP contribution in [0.15, 0.2) is 45.2 Å². The van der Waals surface area contributed by atoms with E-state index in [1.165, 1.54) is 0 Å². The molecule has 2 aromatic heterocycles. The number of furan rings is 1. The molecule has 122 valence electrons. The number of carbonyl (C=O) groups is 1. The first kappa shape index (κ1) is 15.7. The number of esters is 1. The second kappa shape index (κ2) is 6.50. The SMILES string of the molecule is O=C(OCc1nnc(-c2ccc(Cl)cc2)o1)c1ccc([N+](=O)[O-])o1. The molecule has 24 heavy (non-hydrogen) atoms. The van der Waals surface area contributed by atoms with E-state index < -0.39 is 16.8 Å². The highest BCUT2D eigenvalue weighted by Crippen LogP contribution is 2.21. The molecule has 0 aliphatic carbocycles. The fourth-order valence-corrected chi connectivity index (χ4v) is 1.88. The summed E-state index contributed by atoms with van der Waals surface area (Å²) in [5, 5.41) is 18.6. The van der Waals surface area contributed by atoms with Crippen molar-refractivity contribution in [3.8, 4) is 11.5 Å². The van der Waals surface area contributed by atoms with Gasteiger partial charge < -0.3 is 13.6 Å². The van der Waals surface area contributed by atoms with Gasteiger partial charge in [0.05, 0.1) is 6.07 Å². The highest BCUT2D eigenvalue weighted by molar-refractivity contribution is 6.30. The Hall–Kier alpha value is -3.20. The first-order valence-electron chi connectivity index (χ1n) is 6.52. The molecule has 0 saturated carbocycles. The molecule has 0 saturated heterocycles. The Morgan fingerprint density at radius 2 is 1.92 bits per heavy atom. The van der Waals surface area contributed by atoms with Crippen molar-refractivity contribution in [2.75, 3.05) is 0 Å². The summed E-state index contributed by atoms with van der Waals surface area (Å²) in [4.78, 5) is 21.5. The van der Waals surface area contributed by atoms with Gasteiger partial charge in [-0.05, 0) is 30.3 Å². The fraction of sp³-hybridized carbons (Fsp3) is 0.0714. The number of nitrogens with zero attached hydrogens (tertiary/aromatic N) is 3. The van der Waals surface area contributed by atoms with Crippen LogP contribution in [0.25, 0.3) is 11.5 Å². The van der Waals surface area contributed by atoms with Crippen molar-refractivity contribution in [3.05, 3.63) is 63.2 Å². The Labute approximate surface area is 139 Å². The van der Waals surface area contributed by atoms with Gasteiger partial charge in [0.1, 0.15) is 4.92 Å². The third kappa shape index (κ3) is 3.41. The van der Waals surface area contributed by atoms with Gasteiger partial charge in [0.15, 0.2) is 6.61 Å². The number of ether oxygens (including phenoxy) is 1. The van der Waals surface area contributed by atoms with Crippen LogP contribution in [0.4, 0.5) is 5.88 Å². The van der Waals surface area contributed by atoms with E-state index in [1.54, 1.807) is 24.3 Å². The molecule has 0 radical (unpaired) electrons. The molecule has 0 aliphatic heterocycles. The van der Waals surface area contributed by atoms with E-state index in [0.717, 1.165) is 12.1 Å². The van der Waals surface area contributed by atoms with E-state index in [0.29, 0.717) is 10.6 Å². The van der Waals surface area contributed by atoms with E-state index in [4.69, 9.17) is 25.2 Å². The lowest BCUT2D eigenvalue weighted by molar-refractivity contribution is -0.402. The van der Waals surface area contributed by atoms with Crippen LogP contribution in [-0.2, 0) is 11.3 Å². The van der Waals surface area contributed by atoms with Crippen molar-refractivity contribution >= 4 is 23.5 Å². The lowest BCUT2D eigenvalue weighted by Crippen LogP contribution is -2.04. The van der Waals surface area contributed by atoms with Crippen molar-refractivity contribution in [2.24, 2.45) is 0 Å². The highest BCUT2D eigenvalue weighted by Gasteiger charge is 2.19. The number of carbonyl (C=O) groups excluding carboxylic acids is 1. The molecule has 0 aliphatic rings. The summed E-state index contributed by atoms with van der Waals surface area (Å²) in [7, 11) is 0. The maximum Gasteiger partial charge on any atom is 0.433 e. The van der Waals surface area contributed by atoms with Crippen LogP contribution in [0.2, 0.25) is 5.02 Å². The van der Waals surface area contributed by atoms with Crippen LogP contribution in [0.3, 0.4) is 0 Å². The molecule has 10 heteroatoms. The molecule has 1 aromatic carbocycles. The van der Waals surface area contributed by atoms with E-state index in [1.807, 2.05) is 0 Å². The minimum Gasteiger partial charge on any atom is -0.450 e. The highest BCUT2D eigenvalue weighted by atomic mass is 35.5. The van der Waals surface area contributed by atoms with Gasteiger partial charge in [0.25, 0.3) is 5.89 Å². The molecular formula is C14H8ClN3O6. The van der Waals surface area contributed by atoms with Crippen molar-refractivity contribution in [3.63, 3.8) is 0 Å². The summed E-state index contributed by atoms with van der Waals surface area (Å²) < 4.78 is 15.0. The summed E-state index contributed by atoms with van der Waals surface area (Å²) in [6, 6.07) is 8.95. The van der Waals surface area contributed by atoms with Crippen molar-refractivity contribution in [1.29, 1.82) is 0 Å². The second-order valence-corrected chi connectivity index (χ2v) is 4.92. The van der Waals surface area contributed by atoms with Gasteiger partial charge in [-0.2, -0.15) is 0 Å². The number of hydrogen-bond donors (Lipinski definition) is 0. The second-order valence-electron chi connectivity index (χ2n) is 4.48. The Balaban J connectivity index is 1.63. The molecule has 3 aromatic rings. The summed E-state index contributed by atoms with van der Waals surface area (Å²) in [5.74, 6) is -1.42. The number of rotatable bonds is 5. The van der Waals surface area contributed by atoms with Crippen molar-refractivity contribution < 1.29 is 23.3 Å². The van der Waals surface area contributed by atoms with Gasteiger partial charge >= 0.3 is 11.9 Å². The van der Waals surface area contributed by atoms with Crippen LogP contribution in [0.5, 0.6) is 0 Å². The van der Waals surface area contributed by atoms with Crippen molar-refractivity contribution in [1.82, 2.24) is 10.2 Å². The zero-order valence-corrected chi connectivity index (χ0v) is 12.6. The normalized spacial score (nSPS) is 10.5. The molecule has 0 spiro atoms. The van der Waals surface area contributed by atoms with Gasteiger partial charge in [-0.3, -0.25) is 10.1 Å². The largest absolute Gasteiger partial charge is 0.450 e. The predicted octanol–water partition coefficient (Wildman–Crippen LogP) is 3.25. The van der Waals surface area contributed by atoms with E-state index in [-0.39, 0.29) is 24.1 Å². The van der Waals surface area contributed by atoms with Crippen LogP contribution < -0.4 is 0 Å². The zero-order valence-electron chi connectivity index (χ0n) is 11.8.